The first-order valence-corrected chi connectivity index (χ1v) is 9.52. The summed E-state index contributed by atoms with van der Waals surface area (Å²) in [6.07, 6.45) is 2.92. The van der Waals surface area contributed by atoms with Gasteiger partial charge in [-0.15, -0.1) is 0 Å². The van der Waals surface area contributed by atoms with Crippen LogP contribution in [0.15, 0.2) is 18.2 Å². The SMILES string of the molecule is COc1cc(C(=O)O)c(O)c2ccc3c(c12)C1C2C(CCC2(C)O3)C1(C)C=O. The summed E-state index contributed by atoms with van der Waals surface area (Å²) in [6, 6.07) is 4.80. The van der Waals surface area contributed by atoms with Crippen LogP contribution in [0.25, 0.3) is 10.8 Å². The topological polar surface area (TPSA) is 93.1 Å². The Bertz CT molecular complexity index is 1060. The average molecular weight is 382 g/mol. The van der Waals surface area contributed by atoms with Gasteiger partial charge in [0.05, 0.1) is 7.11 Å². The highest BCUT2D eigenvalue weighted by Gasteiger charge is 2.71. The smallest absolute Gasteiger partial charge is 0.339 e. The highest BCUT2D eigenvalue weighted by atomic mass is 16.5. The number of carboxylic acids is 1. The molecule has 2 aromatic carbocycles. The number of hydrogen-bond donors (Lipinski definition) is 2. The number of ether oxygens (including phenoxy) is 2. The Morgan fingerprint density at radius 1 is 1.36 bits per heavy atom. The molecule has 146 valence electrons. The molecule has 1 aliphatic heterocycles. The van der Waals surface area contributed by atoms with Gasteiger partial charge in [0.25, 0.3) is 0 Å². The molecule has 6 heteroatoms. The molecule has 1 heterocycles. The molecular formula is C22H22O6. The summed E-state index contributed by atoms with van der Waals surface area (Å²) in [5.74, 6) is -0.0487. The zero-order chi connectivity index (χ0) is 20.0. The van der Waals surface area contributed by atoms with Gasteiger partial charge in [-0.2, -0.15) is 0 Å². The highest BCUT2D eigenvalue weighted by molar-refractivity contribution is 6.05. The van der Waals surface area contributed by atoms with Crippen LogP contribution in [0.3, 0.4) is 0 Å². The number of carbonyl (C=O) groups is 2. The number of phenols is 1. The molecule has 5 rings (SSSR count). The summed E-state index contributed by atoms with van der Waals surface area (Å²) >= 11 is 0. The number of hydrogen-bond acceptors (Lipinski definition) is 5. The zero-order valence-corrected chi connectivity index (χ0v) is 16.0. The summed E-state index contributed by atoms with van der Waals surface area (Å²) in [5, 5.41) is 21.1. The lowest BCUT2D eigenvalue weighted by Gasteiger charge is -2.61. The first-order chi connectivity index (χ1) is 13.3. The maximum Gasteiger partial charge on any atom is 0.339 e. The van der Waals surface area contributed by atoms with Gasteiger partial charge in [-0.05, 0) is 43.9 Å². The predicted octanol–water partition coefficient (Wildman–Crippen LogP) is 3.73. The van der Waals surface area contributed by atoms with Crippen LogP contribution in [0, 0.1) is 17.3 Å². The summed E-state index contributed by atoms with van der Waals surface area (Å²) < 4.78 is 12.0. The quantitative estimate of drug-likeness (QED) is 0.786. The second-order valence-corrected chi connectivity index (χ2v) is 8.73. The van der Waals surface area contributed by atoms with Gasteiger partial charge in [-0.25, -0.2) is 4.79 Å². The van der Waals surface area contributed by atoms with E-state index in [1.54, 1.807) is 12.1 Å². The zero-order valence-electron chi connectivity index (χ0n) is 16.0. The number of aromatic carboxylic acids is 1. The first kappa shape index (κ1) is 17.3. The van der Waals surface area contributed by atoms with E-state index in [1.165, 1.54) is 13.2 Å². The van der Waals surface area contributed by atoms with Crippen LogP contribution in [-0.4, -0.2) is 35.2 Å². The Morgan fingerprint density at radius 3 is 2.75 bits per heavy atom. The molecular weight excluding hydrogens is 360 g/mol. The van der Waals surface area contributed by atoms with E-state index in [9.17, 15) is 19.8 Å². The van der Waals surface area contributed by atoms with Gasteiger partial charge in [0.2, 0.25) is 0 Å². The van der Waals surface area contributed by atoms with Gasteiger partial charge in [0.15, 0.2) is 0 Å². The van der Waals surface area contributed by atoms with Crippen molar-refractivity contribution in [3.63, 3.8) is 0 Å². The molecule has 2 N–H and O–H groups in total. The van der Waals surface area contributed by atoms with E-state index in [0.29, 0.717) is 22.3 Å². The second kappa shape index (κ2) is 5.19. The molecule has 2 fully saturated rings. The fraction of sp³-hybridized carbons (Fsp3) is 0.455. The molecule has 0 spiro atoms. The van der Waals surface area contributed by atoms with Gasteiger partial charge < -0.3 is 24.5 Å². The lowest BCUT2D eigenvalue weighted by atomic mass is 9.44. The minimum atomic E-state index is -1.23. The van der Waals surface area contributed by atoms with Gasteiger partial charge in [0, 0.05) is 33.6 Å². The molecule has 0 bridgehead atoms. The minimum absolute atomic E-state index is 0.0565. The van der Waals surface area contributed by atoms with E-state index < -0.39 is 11.4 Å². The lowest BCUT2D eigenvalue weighted by Crippen LogP contribution is -2.61. The largest absolute Gasteiger partial charge is 0.506 e. The van der Waals surface area contributed by atoms with Crippen LogP contribution in [0.1, 0.15) is 48.5 Å². The molecule has 5 unspecified atom stereocenters. The fourth-order valence-corrected chi connectivity index (χ4v) is 6.22. The maximum absolute atomic E-state index is 12.2. The maximum atomic E-state index is 12.2. The molecule has 28 heavy (non-hydrogen) atoms. The van der Waals surface area contributed by atoms with Crippen molar-refractivity contribution in [2.45, 2.75) is 38.2 Å². The van der Waals surface area contributed by atoms with Crippen LogP contribution in [0.5, 0.6) is 17.2 Å². The molecule has 2 saturated carbocycles. The molecule has 0 aromatic heterocycles. The molecule has 2 aliphatic carbocycles. The third kappa shape index (κ3) is 1.79. The Hall–Kier alpha value is -2.76. The summed E-state index contributed by atoms with van der Waals surface area (Å²) in [7, 11) is 1.47. The highest BCUT2D eigenvalue weighted by Crippen LogP contribution is 2.73. The van der Waals surface area contributed by atoms with Crippen molar-refractivity contribution in [3.8, 4) is 17.2 Å². The molecule has 2 aromatic rings. The third-order valence-electron chi connectivity index (χ3n) is 7.51. The molecule has 5 atom stereocenters. The van der Waals surface area contributed by atoms with Crippen molar-refractivity contribution in [1.82, 2.24) is 0 Å². The van der Waals surface area contributed by atoms with Crippen LogP contribution in [0.2, 0.25) is 0 Å². The van der Waals surface area contributed by atoms with Crippen LogP contribution >= 0.6 is 0 Å². The second-order valence-electron chi connectivity index (χ2n) is 8.73. The summed E-state index contributed by atoms with van der Waals surface area (Å²) in [4.78, 5) is 23.7. The van der Waals surface area contributed by atoms with Crippen molar-refractivity contribution in [2.75, 3.05) is 7.11 Å². The van der Waals surface area contributed by atoms with Crippen molar-refractivity contribution in [2.24, 2.45) is 17.3 Å². The Kier molecular flexibility index (Phi) is 3.21. The number of benzene rings is 2. The first-order valence-electron chi connectivity index (χ1n) is 9.52. The van der Waals surface area contributed by atoms with Crippen molar-refractivity contribution < 1.29 is 29.3 Å². The monoisotopic (exact) mass is 382 g/mol. The van der Waals surface area contributed by atoms with Crippen molar-refractivity contribution in [1.29, 1.82) is 0 Å². The molecule has 3 aliphatic rings. The van der Waals surface area contributed by atoms with Crippen LogP contribution < -0.4 is 9.47 Å². The van der Waals surface area contributed by atoms with Crippen LogP contribution in [0.4, 0.5) is 0 Å². The van der Waals surface area contributed by atoms with Crippen molar-refractivity contribution >= 4 is 23.0 Å². The average Bonchev–Trinajstić information content (AvgIpc) is 3.00. The number of aromatic hydroxyl groups is 1. The van der Waals surface area contributed by atoms with E-state index in [4.69, 9.17) is 9.47 Å². The van der Waals surface area contributed by atoms with Gasteiger partial charge >= 0.3 is 5.97 Å². The molecule has 0 radical (unpaired) electrons. The third-order valence-corrected chi connectivity index (χ3v) is 7.51. The summed E-state index contributed by atoms with van der Waals surface area (Å²) in [6.45, 7) is 4.12. The van der Waals surface area contributed by atoms with Gasteiger partial charge in [-0.3, -0.25) is 0 Å². The number of aldehydes is 1. The van der Waals surface area contributed by atoms with Crippen molar-refractivity contribution in [3.05, 3.63) is 29.3 Å². The molecule has 0 amide bonds. The predicted molar refractivity (Wildman–Crippen MR) is 101 cm³/mol. The van der Waals surface area contributed by atoms with E-state index in [2.05, 4.69) is 6.92 Å². The van der Waals surface area contributed by atoms with E-state index in [1.807, 2.05) is 6.92 Å². The molecule has 0 saturated heterocycles. The van der Waals surface area contributed by atoms with E-state index >= 15 is 0 Å². The Morgan fingerprint density at radius 2 is 2.11 bits per heavy atom. The van der Waals surface area contributed by atoms with Gasteiger partial charge in [0.1, 0.15) is 34.7 Å². The van der Waals surface area contributed by atoms with Gasteiger partial charge in [-0.1, -0.05) is 6.92 Å². The summed E-state index contributed by atoms with van der Waals surface area (Å²) in [5.41, 5.74) is -0.191. The standard InChI is InChI=1S/C22H22O6/c1-21(9-23)12-6-7-22(2)17(12)18(21)16-13(28-22)5-4-10-15(16)14(27-3)8-11(19(10)24)20(25)26/h4-5,8-9,12,17-18,24H,6-7H2,1-3H3,(H,25,26). The van der Waals surface area contributed by atoms with Crippen LogP contribution in [-0.2, 0) is 4.79 Å². The normalized spacial score (nSPS) is 34.8. The Labute approximate surface area is 162 Å². The van der Waals surface area contributed by atoms with E-state index in [0.717, 1.165) is 24.7 Å². The number of fused-ring (bicyclic) bond motifs is 4. The molecule has 6 nitrogen and oxygen atoms in total. The lowest BCUT2D eigenvalue weighted by molar-refractivity contribution is -0.150. The minimum Gasteiger partial charge on any atom is -0.506 e. The number of carboxylic acid groups (broad SMARTS) is 1. The number of carbonyl (C=O) groups excluding carboxylic acids is 1. The fourth-order valence-electron chi connectivity index (χ4n) is 6.22. The Balaban J connectivity index is 1.87. The van der Waals surface area contributed by atoms with E-state index in [-0.39, 0.29) is 34.7 Å². The number of rotatable bonds is 3. The number of methoxy groups -OCH3 is 1.